The zero-order valence-corrected chi connectivity index (χ0v) is 14.6. The minimum Gasteiger partial charge on any atom is -0.460 e. The van der Waals surface area contributed by atoms with Gasteiger partial charge in [0.15, 0.2) is 0 Å². The number of hydrogen-bond donors (Lipinski definition) is 2. The second-order valence-electron chi connectivity index (χ2n) is 4.71. The summed E-state index contributed by atoms with van der Waals surface area (Å²) in [5, 5.41) is 2.64. The summed E-state index contributed by atoms with van der Waals surface area (Å²) >= 11 is 0. The minimum atomic E-state index is -4.77. The van der Waals surface area contributed by atoms with Crippen LogP contribution in [0, 0.1) is 0 Å². The third kappa shape index (κ3) is 7.43. The number of nitrogens with one attached hydrogen (secondary N) is 1. The first-order chi connectivity index (χ1) is 11.6. The maximum Gasteiger partial charge on any atom is 0.417 e. The molecule has 0 radical (unpaired) electrons. The molecule has 1 heterocycles. The van der Waals surface area contributed by atoms with E-state index in [0.29, 0.717) is 5.56 Å². The van der Waals surface area contributed by atoms with Crippen molar-refractivity contribution in [1.82, 2.24) is 10.3 Å². The Bertz CT molecular complexity index is 709. The van der Waals surface area contributed by atoms with Gasteiger partial charge in [-0.3, -0.25) is 14.2 Å². The standard InChI is InChI=1S/C13H19N3O8S/c1-9(24-25(19,20)21)23-13(18)16(3)12-10(5-4-6-15-12)8-22-11(17)7-14-2/h4-6,9,14H,7-8H2,1-3H3,(H,19,20,21). The molecule has 0 saturated heterocycles. The van der Waals surface area contributed by atoms with E-state index in [9.17, 15) is 18.0 Å². The summed E-state index contributed by atoms with van der Waals surface area (Å²) in [4.78, 5) is 28.4. The van der Waals surface area contributed by atoms with Crippen molar-refractivity contribution in [3.05, 3.63) is 23.9 Å². The van der Waals surface area contributed by atoms with Crippen molar-refractivity contribution in [2.24, 2.45) is 0 Å². The van der Waals surface area contributed by atoms with Gasteiger partial charge in [0.25, 0.3) is 0 Å². The molecule has 1 aromatic rings. The van der Waals surface area contributed by atoms with Crippen molar-refractivity contribution in [2.75, 3.05) is 25.5 Å². The van der Waals surface area contributed by atoms with Crippen molar-refractivity contribution in [2.45, 2.75) is 19.8 Å². The molecule has 25 heavy (non-hydrogen) atoms. The van der Waals surface area contributed by atoms with E-state index in [4.69, 9.17) is 14.0 Å². The van der Waals surface area contributed by atoms with Crippen LogP contribution >= 0.6 is 0 Å². The van der Waals surface area contributed by atoms with Crippen molar-refractivity contribution in [1.29, 1.82) is 0 Å². The van der Waals surface area contributed by atoms with E-state index in [0.717, 1.165) is 11.8 Å². The number of nitrogens with zero attached hydrogens (tertiary/aromatic N) is 2. The van der Waals surface area contributed by atoms with Crippen LogP contribution in [0.15, 0.2) is 18.3 Å². The number of rotatable bonds is 8. The van der Waals surface area contributed by atoms with Crippen molar-refractivity contribution < 1.29 is 36.2 Å². The van der Waals surface area contributed by atoms with Crippen LogP contribution in [0.3, 0.4) is 0 Å². The molecule has 1 unspecified atom stereocenters. The molecular weight excluding hydrogens is 358 g/mol. The molecule has 0 bridgehead atoms. The highest BCUT2D eigenvalue weighted by Gasteiger charge is 2.22. The zero-order valence-electron chi connectivity index (χ0n) is 13.8. The van der Waals surface area contributed by atoms with Gasteiger partial charge in [-0.25, -0.2) is 14.0 Å². The lowest BCUT2D eigenvalue weighted by molar-refractivity contribution is -0.143. The fourth-order valence-corrected chi connectivity index (χ4v) is 2.08. The molecule has 0 fully saturated rings. The maximum atomic E-state index is 12.0. The highest BCUT2D eigenvalue weighted by atomic mass is 32.3. The number of ether oxygens (including phenoxy) is 2. The Kier molecular flexibility index (Phi) is 7.70. The first-order valence-electron chi connectivity index (χ1n) is 6.98. The molecule has 0 aliphatic rings. The molecule has 1 amide bonds. The van der Waals surface area contributed by atoms with Crippen molar-refractivity contribution in [3.8, 4) is 0 Å². The average Bonchev–Trinajstić information content (AvgIpc) is 2.50. The largest absolute Gasteiger partial charge is 0.460 e. The second kappa shape index (κ2) is 9.27. The average molecular weight is 377 g/mol. The number of amides is 1. The zero-order chi connectivity index (χ0) is 19.0. The first-order valence-corrected chi connectivity index (χ1v) is 8.34. The van der Waals surface area contributed by atoms with Crippen LogP contribution in [0.5, 0.6) is 0 Å². The number of hydrogen-bond acceptors (Lipinski definition) is 9. The van der Waals surface area contributed by atoms with E-state index in [-0.39, 0.29) is 19.0 Å². The minimum absolute atomic E-state index is 0.0258. The quantitative estimate of drug-likeness (QED) is 0.363. The molecule has 1 rings (SSSR count). The Labute approximate surface area is 144 Å². The van der Waals surface area contributed by atoms with Gasteiger partial charge in [-0.1, -0.05) is 6.07 Å². The number of aromatic nitrogens is 1. The molecule has 140 valence electrons. The molecule has 0 aliphatic carbocycles. The van der Waals surface area contributed by atoms with E-state index in [1.165, 1.54) is 13.2 Å². The van der Waals surface area contributed by atoms with Crippen molar-refractivity contribution in [3.63, 3.8) is 0 Å². The molecule has 0 aromatic carbocycles. The van der Waals surface area contributed by atoms with Crippen LogP contribution in [0.2, 0.25) is 0 Å². The molecule has 12 heteroatoms. The van der Waals surface area contributed by atoms with Crippen LogP contribution in [0.1, 0.15) is 12.5 Å². The highest BCUT2D eigenvalue weighted by Crippen LogP contribution is 2.18. The Morgan fingerprint density at radius 2 is 2.12 bits per heavy atom. The van der Waals surface area contributed by atoms with E-state index in [1.807, 2.05) is 0 Å². The predicted octanol–water partition coefficient (Wildman–Crippen LogP) is 0.0824. The number of carbonyl (C=O) groups is 2. The first kappa shape index (κ1) is 20.8. The van der Waals surface area contributed by atoms with Crippen LogP contribution in [-0.4, -0.2) is 56.9 Å². The van der Waals surface area contributed by atoms with Crippen LogP contribution in [-0.2, 0) is 35.5 Å². The molecule has 0 saturated carbocycles. The summed E-state index contributed by atoms with van der Waals surface area (Å²) in [6.45, 7) is 1.01. The van der Waals surface area contributed by atoms with Gasteiger partial charge in [-0.15, -0.1) is 0 Å². The molecule has 1 atom stereocenters. The summed E-state index contributed by atoms with van der Waals surface area (Å²) in [7, 11) is -1.85. The normalized spacial score (nSPS) is 12.3. The third-order valence-electron chi connectivity index (χ3n) is 2.69. The summed E-state index contributed by atoms with van der Waals surface area (Å²) in [5.41, 5.74) is 0.426. The lowest BCUT2D eigenvalue weighted by Crippen LogP contribution is -2.33. The second-order valence-corrected chi connectivity index (χ2v) is 5.76. The lowest BCUT2D eigenvalue weighted by atomic mass is 10.2. The number of esters is 1. The fourth-order valence-electron chi connectivity index (χ4n) is 1.70. The van der Waals surface area contributed by atoms with Crippen LogP contribution < -0.4 is 10.2 Å². The monoisotopic (exact) mass is 377 g/mol. The maximum absolute atomic E-state index is 12.0. The fraction of sp³-hybridized carbons (Fsp3) is 0.462. The van der Waals surface area contributed by atoms with Gasteiger partial charge in [0.05, 0.1) is 6.54 Å². The van der Waals surface area contributed by atoms with Crippen LogP contribution in [0.4, 0.5) is 10.6 Å². The van der Waals surface area contributed by atoms with Gasteiger partial charge >= 0.3 is 22.5 Å². The number of carbonyl (C=O) groups excluding carboxylic acids is 2. The Morgan fingerprint density at radius 3 is 2.72 bits per heavy atom. The molecular formula is C13H19N3O8S. The predicted molar refractivity (Wildman–Crippen MR) is 84.9 cm³/mol. The smallest absolute Gasteiger partial charge is 0.417 e. The van der Waals surface area contributed by atoms with Crippen molar-refractivity contribution >= 4 is 28.3 Å². The molecule has 0 spiro atoms. The topological polar surface area (TPSA) is 144 Å². The summed E-state index contributed by atoms with van der Waals surface area (Å²) < 4.78 is 43.6. The molecule has 0 aliphatic heterocycles. The summed E-state index contributed by atoms with van der Waals surface area (Å²) in [5.74, 6) is -0.346. The lowest BCUT2D eigenvalue weighted by Gasteiger charge is -2.20. The summed E-state index contributed by atoms with van der Waals surface area (Å²) in [6, 6.07) is 3.19. The number of pyridine rings is 1. The Balaban J connectivity index is 2.78. The third-order valence-corrected chi connectivity index (χ3v) is 3.21. The van der Waals surface area contributed by atoms with E-state index in [2.05, 4.69) is 14.5 Å². The van der Waals surface area contributed by atoms with Gasteiger partial charge in [0, 0.05) is 18.8 Å². The molecule has 11 nitrogen and oxygen atoms in total. The highest BCUT2D eigenvalue weighted by molar-refractivity contribution is 7.80. The number of likely N-dealkylation sites (N-methyl/N-ethyl adjacent to an activating group) is 1. The van der Waals surface area contributed by atoms with E-state index < -0.39 is 28.8 Å². The Morgan fingerprint density at radius 1 is 1.44 bits per heavy atom. The van der Waals surface area contributed by atoms with Gasteiger partial charge in [-0.2, -0.15) is 8.42 Å². The van der Waals surface area contributed by atoms with E-state index >= 15 is 0 Å². The SMILES string of the molecule is CNCC(=O)OCc1cccnc1N(C)C(=O)OC(C)OS(=O)(=O)O. The van der Waals surface area contributed by atoms with Gasteiger partial charge in [-0.05, 0) is 20.0 Å². The van der Waals surface area contributed by atoms with Gasteiger partial charge in [0.1, 0.15) is 12.4 Å². The summed E-state index contributed by atoms with van der Waals surface area (Å²) in [6.07, 6.45) is -1.13. The number of anilines is 1. The van der Waals surface area contributed by atoms with Gasteiger partial charge in [0.2, 0.25) is 6.29 Å². The van der Waals surface area contributed by atoms with Gasteiger partial charge < -0.3 is 14.8 Å². The van der Waals surface area contributed by atoms with Crippen LogP contribution in [0.25, 0.3) is 0 Å². The molecule has 1 aromatic heterocycles. The van der Waals surface area contributed by atoms with E-state index in [1.54, 1.807) is 19.2 Å². The Hall–Kier alpha value is -2.28. The molecule has 2 N–H and O–H groups in total.